The van der Waals surface area contributed by atoms with Gasteiger partial charge in [-0.05, 0) is 37.1 Å². The van der Waals surface area contributed by atoms with Crippen LogP contribution in [-0.4, -0.2) is 9.78 Å². The van der Waals surface area contributed by atoms with Gasteiger partial charge in [0.1, 0.15) is 6.07 Å². The number of hydrogen-bond donors (Lipinski definition) is 0. The van der Waals surface area contributed by atoms with Crippen molar-refractivity contribution in [3.05, 3.63) is 46.2 Å². The maximum absolute atomic E-state index is 9.12. The smallest absolute Gasteiger partial charge is 0.101 e. The molecule has 1 aliphatic carbocycles. The highest BCUT2D eigenvalue weighted by Gasteiger charge is 2.26. The van der Waals surface area contributed by atoms with E-state index in [1.54, 1.807) is 4.68 Å². The fraction of sp³-hybridized carbons (Fsp3) is 0.231. The lowest BCUT2D eigenvalue weighted by molar-refractivity contribution is 0.835. The predicted octanol–water partition coefficient (Wildman–Crippen LogP) is 3.38. The number of halogens is 1. The van der Waals surface area contributed by atoms with Crippen molar-refractivity contribution in [3.8, 4) is 11.8 Å². The number of hydrogen-bond acceptors (Lipinski definition) is 2. The van der Waals surface area contributed by atoms with E-state index in [0.717, 1.165) is 15.9 Å². The third kappa shape index (κ3) is 1.98. The van der Waals surface area contributed by atoms with Crippen LogP contribution in [0.3, 0.4) is 0 Å². The molecule has 0 amide bonds. The summed E-state index contributed by atoms with van der Waals surface area (Å²) in [6, 6.07) is 9.89. The van der Waals surface area contributed by atoms with Crippen LogP contribution in [0.1, 0.15) is 30.0 Å². The summed E-state index contributed by atoms with van der Waals surface area (Å²) < 4.78 is 2.70. The molecule has 84 valence electrons. The maximum Gasteiger partial charge on any atom is 0.101 e. The van der Waals surface area contributed by atoms with Gasteiger partial charge in [0.15, 0.2) is 0 Å². The zero-order valence-corrected chi connectivity index (χ0v) is 10.7. The summed E-state index contributed by atoms with van der Waals surface area (Å²) in [4.78, 5) is 0. The van der Waals surface area contributed by atoms with E-state index in [0.29, 0.717) is 11.5 Å². The lowest BCUT2D eigenvalue weighted by Crippen LogP contribution is -1.98. The van der Waals surface area contributed by atoms with Crippen LogP contribution in [0.15, 0.2) is 34.9 Å². The van der Waals surface area contributed by atoms with Crippen LogP contribution in [0, 0.1) is 11.3 Å². The number of nitrogens with zero attached hydrogens (tertiary/aromatic N) is 3. The lowest BCUT2D eigenvalue weighted by Gasteiger charge is -2.04. The molecule has 0 N–H and O–H groups in total. The minimum atomic E-state index is 0.629. The Morgan fingerprint density at radius 1 is 1.35 bits per heavy atom. The lowest BCUT2D eigenvalue weighted by atomic mass is 10.2. The molecule has 3 nitrogen and oxygen atoms in total. The molecule has 1 aromatic heterocycles. The van der Waals surface area contributed by atoms with Crippen molar-refractivity contribution in [2.24, 2.45) is 0 Å². The van der Waals surface area contributed by atoms with E-state index in [1.807, 2.05) is 30.5 Å². The molecule has 1 fully saturated rings. The van der Waals surface area contributed by atoms with Gasteiger partial charge in [0, 0.05) is 16.6 Å². The van der Waals surface area contributed by atoms with Crippen LogP contribution in [0.25, 0.3) is 5.69 Å². The summed E-state index contributed by atoms with van der Waals surface area (Å²) in [5, 5.41) is 13.7. The molecule has 4 heteroatoms. The summed E-state index contributed by atoms with van der Waals surface area (Å²) in [5.41, 5.74) is 2.60. The van der Waals surface area contributed by atoms with E-state index in [-0.39, 0.29) is 0 Å². The number of benzene rings is 1. The van der Waals surface area contributed by atoms with Gasteiger partial charge >= 0.3 is 0 Å². The van der Waals surface area contributed by atoms with E-state index >= 15 is 0 Å². The number of rotatable bonds is 2. The van der Waals surface area contributed by atoms with Crippen LogP contribution in [0.4, 0.5) is 0 Å². The van der Waals surface area contributed by atoms with Crippen LogP contribution in [0.2, 0.25) is 0 Å². The van der Waals surface area contributed by atoms with Crippen LogP contribution in [0.5, 0.6) is 0 Å². The Morgan fingerprint density at radius 3 is 2.88 bits per heavy atom. The van der Waals surface area contributed by atoms with Crippen LogP contribution in [-0.2, 0) is 0 Å². The Bertz CT molecular complexity index is 605. The molecule has 1 saturated carbocycles. The first-order valence-electron chi connectivity index (χ1n) is 5.53. The summed E-state index contributed by atoms with van der Waals surface area (Å²) in [5.74, 6) is 0.636. The molecule has 0 aliphatic heterocycles. The fourth-order valence-electron chi connectivity index (χ4n) is 1.87. The molecular weight excluding hydrogens is 278 g/mol. The average Bonchev–Trinajstić information content (AvgIpc) is 3.08. The largest absolute Gasteiger partial charge is 0.239 e. The Hall–Kier alpha value is -1.60. The molecule has 3 rings (SSSR count). The highest BCUT2D eigenvalue weighted by Crippen LogP contribution is 2.39. The van der Waals surface area contributed by atoms with Crippen molar-refractivity contribution in [3.63, 3.8) is 0 Å². The molecule has 0 saturated heterocycles. The second kappa shape index (κ2) is 4.01. The van der Waals surface area contributed by atoms with E-state index in [2.05, 4.69) is 27.1 Å². The quantitative estimate of drug-likeness (QED) is 0.850. The van der Waals surface area contributed by atoms with Gasteiger partial charge in [0.25, 0.3) is 0 Å². The van der Waals surface area contributed by atoms with Crippen molar-refractivity contribution in [1.82, 2.24) is 9.78 Å². The molecule has 0 unspecified atom stereocenters. The molecule has 1 heterocycles. The van der Waals surface area contributed by atoms with Crippen LogP contribution < -0.4 is 0 Å². The van der Waals surface area contributed by atoms with Crippen molar-refractivity contribution in [2.75, 3.05) is 0 Å². The van der Waals surface area contributed by atoms with Gasteiger partial charge in [-0.3, -0.25) is 0 Å². The normalized spacial score (nSPS) is 14.6. The predicted molar refractivity (Wildman–Crippen MR) is 68.0 cm³/mol. The van der Waals surface area contributed by atoms with E-state index in [4.69, 9.17) is 5.26 Å². The van der Waals surface area contributed by atoms with Gasteiger partial charge in [0.05, 0.1) is 16.9 Å². The molecular formula is C13H10BrN3. The standard InChI is InChI=1S/C13H10BrN3/c14-11-3-4-13(10(7-11)8-15)17-6-5-12(16-17)9-1-2-9/h3-7,9H,1-2H2. The molecule has 1 aliphatic rings. The number of nitriles is 1. The van der Waals surface area contributed by atoms with Crippen molar-refractivity contribution in [2.45, 2.75) is 18.8 Å². The maximum atomic E-state index is 9.12. The fourth-order valence-corrected chi connectivity index (χ4v) is 2.23. The van der Waals surface area contributed by atoms with Gasteiger partial charge in [-0.2, -0.15) is 10.4 Å². The van der Waals surface area contributed by atoms with Crippen molar-refractivity contribution >= 4 is 15.9 Å². The first-order valence-corrected chi connectivity index (χ1v) is 6.33. The minimum absolute atomic E-state index is 0.629. The Kier molecular flexibility index (Phi) is 2.49. The molecule has 0 bridgehead atoms. The molecule has 0 radical (unpaired) electrons. The molecule has 2 aromatic rings. The van der Waals surface area contributed by atoms with E-state index in [1.165, 1.54) is 12.8 Å². The summed E-state index contributed by atoms with van der Waals surface area (Å²) in [6.07, 6.45) is 4.41. The van der Waals surface area contributed by atoms with Gasteiger partial charge in [0.2, 0.25) is 0 Å². The first kappa shape index (κ1) is 10.5. The first-order chi connectivity index (χ1) is 8.28. The zero-order chi connectivity index (χ0) is 11.8. The minimum Gasteiger partial charge on any atom is -0.239 e. The SMILES string of the molecule is N#Cc1cc(Br)ccc1-n1ccc(C2CC2)n1. The summed E-state index contributed by atoms with van der Waals surface area (Å²) >= 11 is 3.37. The van der Waals surface area contributed by atoms with Gasteiger partial charge in [-0.25, -0.2) is 4.68 Å². The Balaban J connectivity index is 2.04. The van der Waals surface area contributed by atoms with Gasteiger partial charge < -0.3 is 0 Å². The molecule has 1 aromatic carbocycles. The topological polar surface area (TPSA) is 41.6 Å². The average molecular weight is 288 g/mol. The van der Waals surface area contributed by atoms with Crippen LogP contribution >= 0.6 is 15.9 Å². The summed E-state index contributed by atoms with van der Waals surface area (Å²) in [6.45, 7) is 0. The third-order valence-corrected chi connectivity index (χ3v) is 3.42. The molecule has 0 atom stereocenters. The second-order valence-electron chi connectivity index (χ2n) is 4.23. The van der Waals surface area contributed by atoms with E-state index in [9.17, 15) is 0 Å². The third-order valence-electron chi connectivity index (χ3n) is 2.93. The Labute approximate surface area is 108 Å². The van der Waals surface area contributed by atoms with Gasteiger partial charge in [-0.15, -0.1) is 0 Å². The highest BCUT2D eigenvalue weighted by atomic mass is 79.9. The van der Waals surface area contributed by atoms with Crippen molar-refractivity contribution < 1.29 is 0 Å². The van der Waals surface area contributed by atoms with E-state index < -0.39 is 0 Å². The Morgan fingerprint density at radius 2 is 2.18 bits per heavy atom. The van der Waals surface area contributed by atoms with Gasteiger partial charge in [-0.1, -0.05) is 15.9 Å². The monoisotopic (exact) mass is 287 g/mol. The zero-order valence-electron chi connectivity index (χ0n) is 9.10. The van der Waals surface area contributed by atoms with Crippen molar-refractivity contribution in [1.29, 1.82) is 5.26 Å². The molecule has 0 spiro atoms. The summed E-state index contributed by atoms with van der Waals surface area (Å²) in [7, 11) is 0. The number of aromatic nitrogens is 2. The highest BCUT2D eigenvalue weighted by molar-refractivity contribution is 9.10. The molecule has 17 heavy (non-hydrogen) atoms. The second-order valence-corrected chi connectivity index (χ2v) is 5.15.